The van der Waals surface area contributed by atoms with Crippen molar-refractivity contribution in [2.75, 3.05) is 12.0 Å². The van der Waals surface area contributed by atoms with E-state index in [-0.39, 0.29) is 0 Å². The van der Waals surface area contributed by atoms with Crippen molar-refractivity contribution >= 4 is 27.7 Å². The number of rotatable bonds is 5. The van der Waals surface area contributed by atoms with Gasteiger partial charge in [0.2, 0.25) is 0 Å². The van der Waals surface area contributed by atoms with Crippen LogP contribution in [-0.2, 0) is 0 Å². The first kappa shape index (κ1) is 14.1. The van der Waals surface area contributed by atoms with Crippen molar-refractivity contribution in [1.82, 2.24) is 5.32 Å². The highest BCUT2D eigenvalue weighted by atomic mass is 79.9. The monoisotopic (exact) mass is 301 g/mol. The van der Waals surface area contributed by atoms with Crippen molar-refractivity contribution in [2.24, 2.45) is 0 Å². The van der Waals surface area contributed by atoms with Gasteiger partial charge in [0.15, 0.2) is 0 Å². The zero-order chi connectivity index (χ0) is 12.1. The summed E-state index contributed by atoms with van der Waals surface area (Å²) in [6.45, 7) is 6.59. The van der Waals surface area contributed by atoms with Crippen LogP contribution >= 0.6 is 27.7 Å². The number of hydrogen-bond donors (Lipinski definition) is 1. The maximum atomic E-state index is 3.61. The zero-order valence-corrected chi connectivity index (χ0v) is 12.8. The number of thioether (sulfide) groups is 1. The first-order chi connectivity index (χ1) is 7.54. The third kappa shape index (κ3) is 4.11. The van der Waals surface area contributed by atoms with E-state index in [2.05, 4.69) is 66.5 Å². The molecule has 3 heteroatoms. The number of benzene rings is 1. The third-order valence-electron chi connectivity index (χ3n) is 2.63. The van der Waals surface area contributed by atoms with Crippen LogP contribution in [-0.4, -0.2) is 18.1 Å². The summed E-state index contributed by atoms with van der Waals surface area (Å²) >= 11 is 5.41. The molecule has 1 aromatic rings. The number of halogens is 1. The van der Waals surface area contributed by atoms with Crippen LogP contribution in [0.15, 0.2) is 22.7 Å². The minimum Gasteiger partial charge on any atom is -0.307 e. The van der Waals surface area contributed by atoms with Crippen LogP contribution in [0, 0.1) is 6.92 Å². The van der Waals surface area contributed by atoms with Crippen molar-refractivity contribution in [2.45, 2.75) is 32.9 Å². The first-order valence-corrected chi connectivity index (χ1v) is 7.74. The lowest BCUT2D eigenvalue weighted by Gasteiger charge is -2.20. The van der Waals surface area contributed by atoms with Crippen molar-refractivity contribution in [3.05, 3.63) is 33.8 Å². The maximum absolute atomic E-state index is 3.61. The molecule has 0 heterocycles. The largest absolute Gasteiger partial charge is 0.307 e. The van der Waals surface area contributed by atoms with E-state index in [0.29, 0.717) is 12.1 Å². The molecule has 16 heavy (non-hydrogen) atoms. The SMILES string of the molecule is CSCC(C)NC(C)c1ccc(Br)c(C)c1. The van der Waals surface area contributed by atoms with Gasteiger partial charge in [-0.05, 0) is 44.2 Å². The van der Waals surface area contributed by atoms with Crippen LogP contribution in [0.25, 0.3) is 0 Å². The average molecular weight is 302 g/mol. The van der Waals surface area contributed by atoms with Gasteiger partial charge in [0.05, 0.1) is 0 Å². The summed E-state index contributed by atoms with van der Waals surface area (Å²) in [6.07, 6.45) is 2.15. The lowest BCUT2D eigenvalue weighted by atomic mass is 10.1. The Morgan fingerprint density at radius 1 is 1.38 bits per heavy atom. The first-order valence-electron chi connectivity index (χ1n) is 5.55. The van der Waals surface area contributed by atoms with E-state index in [1.165, 1.54) is 15.6 Å². The van der Waals surface area contributed by atoms with Crippen LogP contribution in [0.2, 0.25) is 0 Å². The summed E-state index contributed by atoms with van der Waals surface area (Å²) in [5.74, 6) is 1.15. The Kier molecular flexibility index (Phi) is 5.87. The molecule has 0 fully saturated rings. The highest BCUT2D eigenvalue weighted by Crippen LogP contribution is 2.21. The van der Waals surface area contributed by atoms with E-state index >= 15 is 0 Å². The molecule has 1 nitrogen and oxygen atoms in total. The van der Waals surface area contributed by atoms with Crippen LogP contribution in [0.5, 0.6) is 0 Å². The molecular formula is C13H20BrNS. The molecule has 0 radical (unpaired) electrons. The second-order valence-electron chi connectivity index (χ2n) is 4.25. The molecule has 0 aliphatic rings. The molecule has 0 aromatic heterocycles. The summed E-state index contributed by atoms with van der Waals surface area (Å²) in [5, 5.41) is 3.61. The van der Waals surface area contributed by atoms with Crippen LogP contribution in [0.1, 0.15) is 31.0 Å². The predicted molar refractivity (Wildman–Crippen MR) is 78.3 cm³/mol. The number of nitrogens with one attached hydrogen (secondary N) is 1. The Bertz CT molecular complexity index is 341. The van der Waals surface area contributed by atoms with Crippen molar-refractivity contribution in [3.8, 4) is 0 Å². The quantitative estimate of drug-likeness (QED) is 0.876. The topological polar surface area (TPSA) is 12.0 Å². The normalized spacial score (nSPS) is 14.8. The number of aryl methyl sites for hydroxylation is 1. The Balaban J connectivity index is 2.65. The second kappa shape index (κ2) is 6.67. The Hall–Kier alpha value is 0.01000. The summed E-state index contributed by atoms with van der Waals surface area (Å²) in [5.41, 5.74) is 2.65. The summed E-state index contributed by atoms with van der Waals surface area (Å²) in [4.78, 5) is 0. The molecule has 1 aromatic carbocycles. The standard InChI is InChI=1S/C13H20BrNS/c1-9-7-12(5-6-13(9)14)11(3)15-10(2)8-16-4/h5-7,10-11,15H,8H2,1-4H3. The molecule has 2 unspecified atom stereocenters. The summed E-state index contributed by atoms with van der Waals surface area (Å²) in [7, 11) is 0. The fourth-order valence-corrected chi connectivity index (χ4v) is 2.60. The fraction of sp³-hybridized carbons (Fsp3) is 0.538. The molecule has 0 aliphatic heterocycles. The van der Waals surface area contributed by atoms with Crippen LogP contribution in [0.4, 0.5) is 0 Å². The minimum atomic E-state index is 0.411. The van der Waals surface area contributed by atoms with Gasteiger partial charge in [-0.25, -0.2) is 0 Å². The minimum absolute atomic E-state index is 0.411. The van der Waals surface area contributed by atoms with Crippen molar-refractivity contribution in [1.29, 1.82) is 0 Å². The maximum Gasteiger partial charge on any atom is 0.0294 e. The van der Waals surface area contributed by atoms with Gasteiger partial charge in [0, 0.05) is 22.3 Å². The number of hydrogen-bond acceptors (Lipinski definition) is 2. The van der Waals surface area contributed by atoms with Gasteiger partial charge in [-0.1, -0.05) is 28.1 Å². The molecule has 0 aliphatic carbocycles. The molecule has 0 saturated heterocycles. The van der Waals surface area contributed by atoms with Gasteiger partial charge in [0.25, 0.3) is 0 Å². The third-order valence-corrected chi connectivity index (χ3v) is 4.36. The zero-order valence-electron chi connectivity index (χ0n) is 10.4. The molecule has 1 N–H and O–H groups in total. The van der Waals surface area contributed by atoms with Gasteiger partial charge in [-0.2, -0.15) is 11.8 Å². The highest BCUT2D eigenvalue weighted by Gasteiger charge is 2.09. The molecule has 1 rings (SSSR count). The Morgan fingerprint density at radius 3 is 2.62 bits per heavy atom. The highest BCUT2D eigenvalue weighted by molar-refractivity contribution is 9.10. The van der Waals surface area contributed by atoms with Gasteiger partial charge in [-0.3, -0.25) is 0 Å². The van der Waals surface area contributed by atoms with Crippen molar-refractivity contribution in [3.63, 3.8) is 0 Å². The molecule has 0 amide bonds. The van der Waals surface area contributed by atoms with Crippen LogP contribution < -0.4 is 5.32 Å². The van der Waals surface area contributed by atoms with E-state index in [0.717, 1.165) is 5.75 Å². The summed E-state index contributed by atoms with van der Waals surface area (Å²) in [6, 6.07) is 7.51. The predicted octanol–water partition coefficient (Wildman–Crippen LogP) is 4.16. The smallest absolute Gasteiger partial charge is 0.0294 e. The van der Waals surface area contributed by atoms with E-state index in [1.54, 1.807) is 0 Å². The molecule has 0 bridgehead atoms. The molecule has 2 atom stereocenters. The van der Waals surface area contributed by atoms with E-state index in [9.17, 15) is 0 Å². The second-order valence-corrected chi connectivity index (χ2v) is 6.02. The fourth-order valence-electron chi connectivity index (χ4n) is 1.76. The molecular weight excluding hydrogens is 282 g/mol. The van der Waals surface area contributed by atoms with Gasteiger partial charge in [0.1, 0.15) is 0 Å². The van der Waals surface area contributed by atoms with Crippen LogP contribution in [0.3, 0.4) is 0 Å². The van der Waals surface area contributed by atoms with E-state index < -0.39 is 0 Å². The molecule has 0 saturated carbocycles. The lowest BCUT2D eigenvalue weighted by molar-refractivity contribution is 0.511. The average Bonchev–Trinajstić information content (AvgIpc) is 2.22. The summed E-state index contributed by atoms with van der Waals surface area (Å²) < 4.78 is 1.18. The lowest BCUT2D eigenvalue weighted by Crippen LogP contribution is -2.30. The van der Waals surface area contributed by atoms with Crippen molar-refractivity contribution < 1.29 is 0 Å². The van der Waals surface area contributed by atoms with Gasteiger partial charge in [-0.15, -0.1) is 0 Å². The van der Waals surface area contributed by atoms with E-state index in [1.807, 2.05) is 11.8 Å². The Morgan fingerprint density at radius 2 is 2.06 bits per heavy atom. The van der Waals surface area contributed by atoms with E-state index in [4.69, 9.17) is 0 Å². The van der Waals surface area contributed by atoms with Gasteiger partial charge < -0.3 is 5.32 Å². The van der Waals surface area contributed by atoms with Gasteiger partial charge >= 0.3 is 0 Å². The molecule has 0 spiro atoms. The molecule has 90 valence electrons. The Labute approximate surface area is 112 Å².